The van der Waals surface area contributed by atoms with Gasteiger partial charge in [0.1, 0.15) is 5.01 Å². The van der Waals surface area contributed by atoms with E-state index >= 15 is 0 Å². The van der Waals surface area contributed by atoms with E-state index in [0.29, 0.717) is 0 Å². The maximum atomic E-state index is 6.61. The number of hydrogen-bond acceptors (Lipinski definition) is 4. The van der Waals surface area contributed by atoms with Crippen molar-refractivity contribution in [2.45, 2.75) is 38.1 Å². The summed E-state index contributed by atoms with van der Waals surface area (Å²) in [6.45, 7) is 2.23. The van der Waals surface area contributed by atoms with Crippen LogP contribution in [0.25, 0.3) is 11.3 Å². The average molecular weight is 354 g/mol. The molecule has 0 fully saturated rings. The highest BCUT2D eigenvalue weighted by molar-refractivity contribution is 7.10. The van der Waals surface area contributed by atoms with Crippen LogP contribution in [0.15, 0.2) is 53.6 Å². The molecule has 132 valence electrons. The van der Waals surface area contributed by atoms with Gasteiger partial charge in [-0.25, -0.2) is 4.98 Å². The lowest BCUT2D eigenvalue weighted by Gasteiger charge is -2.27. The highest BCUT2D eigenvalue weighted by atomic mass is 32.1. The fraction of sp³-hybridized carbons (Fsp3) is 0.381. The summed E-state index contributed by atoms with van der Waals surface area (Å²) < 4.78 is 0. The Kier molecular flexibility index (Phi) is 5.40. The Morgan fingerprint density at radius 1 is 1.24 bits per heavy atom. The van der Waals surface area contributed by atoms with Crippen LogP contribution in [0.2, 0.25) is 0 Å². The molecule has 0 radical (unpaired) electrons. The Morgan fingerprint density at radius 3 is 2.60 bits per heavy atom. The van der Waals surface area contributed by atoms with Crippen molar-refractivity contribution in [2.75, 3.05) is 14.1 Å². The van der Waals surface area contributed by atoms with Crippen molar-refractivity contribution in [3.63, 3.8) is 0 Å². The Bertz CT molecular complexity index is 771. The number of unbranched alkanes of at least 4 members (excludes halogenated alkanes) is 1. The molecular weight excluding hydrogens is 326 g/mol. The highest BCUT2D eigenvalue weighted by Gasteiger charge is 2.29. The fourth-order valence-corrected chi connectivity index (χ4v) is 3.91. The van der Waals surface area contributed by atoms with Gasteiger partial charge in [0, 0.05) is 30.7 Å². The molecule has 2 aromatic rings. The number of benzene rings is 1. The maximum Gasteiger partial charge on any atom is 0.117 e. The van der Waals surface area contributed by atoms with Gasteiger partial charge in [-0.1, -0.05) is 49.8 Å². The van der Waals surface area contributed by atoms with Crippen LogP contribution in [0.3, 0.4) is 0 Å². The van der Waals surface area contributed by atoms with Gasteiger partial charge in [0.2, 0.25) is 0 Å². The number of nitrogens with two attached hydrogens (primary N) is 1. The zero-order valence-electron chi connectivity index (χ0n) is 15.3. The standard InChI is InChI=1S/C21H27N3S/c1-4-5-6-16-7-9-17(10-8-16)19-15-25-20(23-19)21(22)13-11-18(12-14-21)24(2)3/h7-13,15H,4-6,14,22H2,1-3H3. The molecule has 3 rings (SSSR count). The van der Waals surface area contributed by atoms with Crippen LogP contribution in [-0.4, -0.2) is 24.0 Å². The first-order chi connectivity index (χ1) is 12.0. The van der Waals surface area contributed by atoms with Gasteiger partial charge >= 0.3 is 0 Å². The number of allylic oxidation sites excluding steroid dienone is 1. The molecule has 2 N–H and O–H groups in total. The molecule has 25 heavy (non-hydrogen) atoms. The minimum atomic E-state index is -0.497. The van der Waals surface area contributed by atoms with Crippen molar-refractivity contribution in [3.05, 3.63) is 64.1 Å². The molecule has 1 heterocycles. The maximum absolute atomic E-state index is 6.61. The summed E-state index contributed by atoms with van der Waals surface area (Å²) in [5, 5.41) is 3.09. The summed E-state index contributed by atoms with van der Waals surface area (Å²) in [5.74, 6) is 0. The summed E-state index contributed by atoms with van der Waals surface area (Å²) in [6, 6.07) is 8.78. The van der Waals surface area contributed by atoms with Crippen molar-refractivity contribution < 1.29 is 0 Å². The van der Waals surface area contributed by atoms with E-state index in [1.165, 1.54) is 24.1 Å². The molecule has 1 unspecified atom stereocenters. The Hall–Kier alpha value is -1.91. The van der Waals surface area contributed by atoms with Gasteiger partial charge in [-0.05, 0) is 30.9 Å². The molecule has 1 atom stereocenters. The summed E-state index contributed by atoms with van der Waals surface area (Å²) in [4.78, 5) is 6.94. The Balaban J connectivity index is 1.76. The van der Waals surface area contributed by atoms with Crippen molar-refractivity contribution in [3.8, 4) is 11.3 Å². The van der Waals surface area contributed by atoms with E-state index in [1.807, 2.05) is 14.1 Å². The number of thiazole rings is 1. The Labute approximate surface area is 154 Å². The smallest absolute Gasteiger partial charge is 0.117 e. The zero-order chi connectivity index (χ0) is 17.9. The molecule has 3 nitrogen and oxygen atoms in total. The van der Waals surface area contributed by atoms with E-state index < -0.39 is 5.54 Å². The monoisotopic (exact) mass is 353 g/mol. The van der Waals surface area contributed by atoms with Crippen LogP contribution in [0.5, 0.6) is 0 Å². The number of aromatic nitrogens is 1. The van der Waals surface area contributed by atoms with Gasteiger partial charge in [-0.15, -0.1) is 11.3 Å². The normalized spacial score (nSPS) is 19.8. The van der Waals surface area contributed by atoms with E-state index in [9.17, 15) is 0 Å². The molecule has 4 heteroatoms. The van der Waals surface area contributed by atoms with Crippen LogP contribution in [-0.2, 0) is 12.0 Å². The number of rotatable bonds is 6. The summed E-state index contributed by atoms with van der Waals surface area (Å²) in [7, 11) is 4.09. The molecule has 0 bridgehead atoms. The average Bonchev–Trinajstić information content (AvgIpc) is 3.12. The van der Waals surface area contributed by atoms with Crippen molar-refractivity contribution in [1.29, 1.82) is 0 Å². The first-order valence-electron chi connectivity index (χ1n) is 8.93. The first-order valence-corrected chi connectivity index (χ1v) is 9.81. The van der Waals surface area contributed by atoms with Crippen LogP contribution < -0.4 is 5.73 Å². The topological polar surface area (TPSA) is 42.1 Å². The van der Waals surface area contributed by atoms with Crippen LogP contribution in [0.4, 0.5) is 0 Å². The lowest BCUT2D eigenvalue weighted by Crippen LogP contribution is -2.35. The quantitative estimate of drug-likeness (QED) is 0.817. The lowest BCUT2D eigenvalue weighted by molar-refractivity contribution is 0.495. The van der Waals surface area contributed by atoms with Gasteiger partial charge in [-0.3, -0.25) is 0 Å². The van der Waals surface area contributed by atoms with Gasteiger partial charge in [0.15, 0.2) is 0 Å². The third kappa shape index (κ3) is 4.02. The molecule has 0 saturated carbocycles. The van der Waals surface area contributed by atoms with Gasteiger partial charge in [0.25, 0.3) is 0 Å². The van der Waals surface area contributed by atoms with Crippen molar-refractivity contribution in [1.82, 2.24) is 9.88 Å². The molecular formula is C21H27N3S. The molecule has 1 aromatic carbocycles. The minimum Gasteiger partial charge on any atom is -0.378 e. The third-order valence-electron chi connectivity index (χ3n) is 4.69. The SMILES string of the molecule is CCCCc1ccc(-c2csc(C3(N)C=CC(N(C)C)=CC3)n2)cc1. The molecule has 0 aliphatic heterocycles. The van der Waals surface area contributed by atoms with Gasteiger partial charge < -0.3 is 10.6 Å². The van der Waals surface area contributed by atoms with Gasteiger partial charge in [0.05, 0.1) is 11.2 Å². The van der Waals surface area contributed by atoms with Crippen molar-refractivity contribution in [2.24, 2.45) is 5.73 Å². The largest absolute Gasteiger partial charge is 0.378 e. The second-order valence-corrected chi connectivity index (χ2v) is 7.80. The van der Waals surface area contributed by atoms with Crippen LogP contribution in [0, 0.1) is 0 Å². The molecule has 0 saturated heterocycles. The van der Waals surface area contributed by atoms with E-state index in [1.54, 1.807) is 11.3 Å². The van der Waals surface area contributed by atoms with E-state index in [0.717, 1.165) is 29.1 Å². The predicted octanol–water partition coefficient (Wildman–Crippen LogP) is 4.71. The van der Waals surface area contributed by atoms with Crippen molar-refractivity contribution >= 4 is 11.3 Å². The molecule has 0 amide bonds. The third-order valence-corrected chi connectivity index (χ3v) is 5.72. The van der Waals surface area contributed by atoms with Gasteiger partial charge in [-0.2, -0.15) is 0 Å². The highest BCUT2D eigenvalue weighted by Crippen LogP contribution is 2.34. The van der Waals surface area contributed by atoms with E-state index in [4.69, 9.17) is 10.7 Å². The zero-order valence-corrected chi connectivity index (χ0v) is 16.1. The summed E-state index contributed by atoms with van der Waals surface area (Å²) in [6.07, 6.45) is 10.8. The first kappa shape index (κ1) is 17.9. The minimum absolute atomic E-state index is 0.497. The summed E-state index contributed by atoms with van der Waals surface area (Å²) in [5.41, 5.74) is 10.9. The van der Waals surface area contributed by atoms with Crippen LogP contribution >= 0.6 is 11.3 Å². The second kappa shape index (κ2) is 7.54. The van der Waals surface area contributed by atoms with Crippen LogP contribution in [0.1, 0.15) is 36.8 Å². The second-order valence-electron chi connectivity index (χ2n) is 6.94. The number of hydrogen-bond donors (Lipinski definition) is 1. The molecule has 1 aliphatic carbocycles. The Morgan fingerprint density at radius 2 is 2.00 bits per heavy atom. The van der Waals surface area contributed by atoms with E-state index in [-0.39, 0.29) is 0 Å². The summed E-state index contributed by atoms with van der Waals surface area (Å²) >= 11 is 1.65. The fourth-order valence-electron chi connectivity index (χ4n) is 2.98. The molecule has 1 aliphatic rings. The molecule has 1 aromatic heterocycles. The number of likely N-dealkylation sites (N-methyl/N-ethyl adjacent to an activating group) is 1. The molecule has 0 spiro atoms. The lowest BCUT2D eigenvalue weighted by atomic mass is 9.92. The number of nitrogens with zero attached hydrogens (tertiary/aromatic N) is 2. The predicted molar refractivity (Wildman–Crippen MR) is 108 cm³/mol. The van der Waals surface area contributed by atoms with E-state index in [2.05, 4.69) is 59.7 Å². The number of aryl methyl sites for hydroxylation is 1.